The van der Waals surface area contributed by atoms with E-state index in [9.17, 15) is 16.8 Å². The summed E-state index contributed by atoms with van der Waals surface area (Å²) in [7, 11) is 0. The average Bonchev–Trinajstić information content (AvgIpc) is 0.592. The second kappa shape index (κ2) is 0.893. The zero-order chi connectivity index (χ0) is 6.41. The van der Waals surface area contributed by atoms with Crippen LogP contribution in [0, 0.1) is 0 Å². The van der Waals surface area contributed by atoms with E-state index in [4.69, 9.17) is 0 Å². The maximum absolute atomic E-state index is 10.7. The minimum atomic E-state index is -8.71. The Hall–Kier alpha value is 0.730. The average molecular weight is 178 g/mol. The molecule has 0 saturated heterocycles. The molecule has 7 heavy (non-hydrogen) atoms. The van der Waals surface area contributed by atoms with Crippen LogP contribution in [-0.4, -0.2) is 0 Å². The van der Waals surface area contributed by atoms with Crippen LogP contribution in [0.1, 0.15) is 0 Å². The Kier molecular flexibility index (Phi) is 0.986. The molecule has 0 aliphatic carbocycles. The van der Waals surface area contributed by atoms with Gasteiger partial charge in [-0.1, -0.05) is 0 Å². The first-order chi connectivity index (χ1) is 2.45. The molecule has 0 saturated carbocycles. The van der Waals surface area contributed by atoms with Crippen molar-refractivity contribution in [1.82, 2.24) is 0 Å². The van der Waals surface area contributed by atoms with Crippen molar-refractivity contribution in [3.63, 3.8) is 0 Å². The molecule has 0 rings (SSSR count). The molecular weight excluding hydrogens is 178 g/mol. The van der Waals surface area contributed by atoms with Crippen LogP contribution in [0.2, 0.25) is 0 Å². The van der Waals surface area contributed by atoms with E-state index in [1.165, 1.54) is 0 Å². The molecule has 0 fully saturated rings. The van der Waals surface area contributed by atoms with Gasteiger partial charge in [-0.15, -0.1) is 0 Å². The topological polar surface area (TPSA) is 0 Å². The fourth-order valence-electron chi connectivity index (χ4n) is 0. The van der Waals surface area contributed by atoms with Gasteiger partial charge in [-0.3, -0.25) is 0 Å². The van der Waals surface area contributed by atoms with E-state index in [0.29, 0.717) is 0 Å². The summed E-state index contributed by atoms with van der Waals surface area (Å²) in [6, 6.07) is 0. The third-order valence-electron chi connectivity index (χ3n) is 0. The fourth-order valence-corrected chi connectivity index (χ4v) is 0. The summed E-state index contributed by atoms with van der Waals surface area (Å²) in [4.78, 5) is 0. The number of rotatable bonds is 0. The second-order valence-corrected chi connectivity index (χ2v) is 7.47. The molecule has 0 aromatic heterocycles. The summed E-state index contributed by atoms with van der Waals surface area (Å²) < 4.78 is 42.9. The van der Waals surface area contributed by atoms with Crippen LogP contribution in [0.15, 0.2) is 0 Å². The summed E-state index contributed by atoms with van der Waals surface area (Å²) in [5.74, 6) is -8.71. The van der Waals surface area contributed by atoms with Crippen LogP contribution in [0.4, 0.5) is 16.8 Å². The first-order valence-corrected chi connectivity index (χ1v) is 5.07. The van der Waals surface area contributed by atoms with Gasteiger partial charge in [0.2, 0.25) is 0 Å². The summed E-state index contributed by atoms with van der Waals surface area (Å²) in [5, 5.41) is 0. The summed E-state index contributed by atoms with van der Waals surface area (Å²) in [5.41, 5.74) is 0. The summed E-state index contributed by atoms with van der Waals surface area (Å²) in [6.45, 7) is 0. The third kappa shape index (κ3) is 283. The first kappa shape index (κ1) is 7.73. The van der Waals surface area contributed by atoms with E-state index in [1.807, 2.05) is 0 Å². The monoisotopic (exact) mass is 177 g/mol. The molecule has 0 heterocycles. The molecule has 0 aliphatic rings. The van der Waals surface area contributed by atoms with Gasteiger partial charge in [-0.2, -0.15) is 0 Å². The van der Waals surface area contributed by atoms with Crippen LogP contribution in [-0.2, 0) is 0 Å². The van der Waals surface area contributed by atoms with Gasteiger partial charge in [-0.25, -0.2) is 0 Å². The van der Waals surface area contributed by atoms with Gasteiger partial charge in [0.05, 0.1) is 0 Å². The van der Waals surface area contributed by atoms with Crippen LogP contribution >= 0.6 is 28.4 Å². The van der Waals surface area contributed by atoms with Crippen molar-refractivity contribution in [3.8, 4) is 0 Å². The molecule has 0 aliphatic heterocycles. The van der Waals surface area contributed by atoms with Crippen LogP contribution < -0.4 is 0 Å². The number of hydrogen-bond donors (Lipinski definition) is 0. The van der Waals surface area contributed by atoms with E-state index < -0.39 is 5.89 Å². The second-order valence-electron chi connectivity index (χ2n) is 0.958. The fraction of sp³-hybridized carbons (Fsp3) is 0. The molecule has 0 bridgehead atoms. The van der Waals surface area contributed by atoms with Crippen molar-refractivity contribution in [2.75, 3.05) is 0 Å². The van der Waals surface area contributed by atoms with Crippen molar-refractivity contribution >= 4 is 28.4 Å². The Balaban J connectivity index is 4.43. The number of halogens is 6. The molecule has 0 unspecified atom stereocenters. The SMILES string of the molecule is F[P-](F)(F)(F)(Cl)Cl. The van der Waals surface area contributed by atoms with E-state index in [-0.39, 0.29) is 0 Å². The molecule has 0 N–H and O–H groups in total. The van der Waals surface area contributed by atoms with Gasteiger partial charge in [-0.05, 0) is 0 Å². The Morgan fingerprint density at radius 2 is 0.857 bits per heavy atom. The van der Waals surface area contributed by atoms with E-state index in [1.54, 1.807) is 0 Å². The van der Waals surface area contributed by atoms with Crippen molar-refractivity contribution in [1.29, 1.82) is 0 Å². The Labute approximate surface area is 46.0 Å². The summed E-state index contributed by atoms with van der Waals surface area (Å²) >= 11 is 6.55. The van der Waals surface area contributed by atoms with Crippen molar-refractivity contribution in [2.45, 2.75) is 0 Å². The normalized spacial score (nSPS) is 23.1. The molecule has 0 amide bonds. The summed E-state index contributed by atoms with van der Waals surface area (Å²) in [6.07, 6.45) is 0. The molecule has 48 valence electrons. The molecule has 7 heteroatoms. The zero-order valence-electron chi connectivity index (χ0n) is 2.72. The Bertz CT molecular complexity index is 68.3. The number of hydrogen-bond acceptors (Lipinski definition) is 0. The molecule has 0 radical (unpaired) electrons. The van der Waals surface area contributed by atoms with Gasteiger partial charge in [0.1, 0.15) is 0 Å². The predicted molar refractivity (Wildman–Crippen MR) is 23.1 cm³/mol. The van der Waals surface area contributed by atoms with Gasteiger partial charge in [0.25, 0.3) is 0 Å². The van der Waals surface area contributed by atoms with Crippen molar-refractivity contribution in [2.24, 2.45) is 0 Å². The Morgan fingerprint density at radius 1 is 0.857 bits per heavy atom. The van der Waals surface area contributed by atoms with Gasteiger partial charge in [0, 0.05) is 0 Å². The zero-order valence-corrected chi connectivity index (χ0v) is 5.12. The van der Waals surface area contributed by atoms with Crippen LogP contribution in [0.3, 0.4) is 0 Å². The molecule has 0 aromatic carbocycles. The first-order valence-electron chi connectivity index (χ1n) is 1.01. The van der Waals surface area contributed by atoms with Crippen molar-refractivity contribution in [3.05, 3.63) is 0 Å². The van der Waals surface area contributed by atoms with E-state index >= 15 is 0 Å². The molecule has 0 aromatic rings. The van der Waals surface area contributed by atoms with Crippen LogP contribution in [0.25, 0.3) is 0 Å². The Morgan fingerprint density at radius 3 is 0.857 bits per heavy atom. The third-order valence-corrected chi connectivity index (χ3v) is 0. The minimum absolute atomic E-state index is 3.28. The maximum atomic E-state index is 10.7. The molecule has 0 nitrogen and oxygen atoms in total. The van der Waals surface area contributed by atoms with Gasteiger partial charge >= 0.3 is 45.2 Å². The molecule has 0 spiro atoms. The van der Waals surface area contributed by atoms with Crippen molar-refractivity contribution < 1.29 is 16.8 Å². The quantitative estimate of drug-likeness (QED) is 0.389. The van der Waals surface area contributed by atoms with Gasteiger partial charge in [0.15, 0.2) is 0 Å². The van der Waals surface area contributed by atoms with E-state index in [0.717, 1.165) is 0 Å². The predicted octanol–water partition coefficient (Wildman–Crippen LogP) is 3.92. The molecular formula is Cl2F4P-. The van der Waals surface area contributed by atoms with Gasteiger partial charge < -0.3 is 0 Å². The van der Waals surface area contributed by atoms with E-state index in [2.05, 4.69) is 22.5 Å². The molecule has 0 atom stereocenters. The standard InChI is InChI=1S/Cl2F4P/c1-7(2,3,4,5)6/q-1. The van der Waals surface area contributed by atoms with Crippen LogP contribution in [0.5, 0.6) is 0 Å².